The van der Waals surface area contributed by atoms with Gasteiger partial charge in [-0.25, -0.2) is 13.2 Å². The molecule has 0 aliphatic carbocycles. The predicted molar refractivity (Wildman–Crippen MR) is 102 cm³/mol. The van der Waals surface area contributed by atoms with Crippen LogP contribution in [0.25, 0.3) is 11.0 Å². The van der Waals surface area contributed by atoms with Gasteiger partial charge in [-0.2, -0.15) is 0 Å². The number of ether oxygens (including phenoxy) is 2. The van der Waals surface area contributed by atoms with E-state index < -0.39 is 33.9 Å². The van der Waals surface area contributed by atoms with Gasteiger partial charge in [-0.15, -0.1) is 0 Å². The molecule has 0 radical (unpaired) electrons. The van der Waals surface area contributed by atoms with Crippen molar-refractivity contribution in [3.63, 3.8) is 0 Å². The van der Waals surface area contributed by atoms with Crippen LogP contribution in [0.1, 0.15) is 29.5 Å². The van der Waals surface area contributed by atoms with Crippen molar-refractivity contribution in [2.75, 3.05) is 25.7 Å². The van der Waals surface area contributed by atoms with E-state index in [0.717, 1.165) is 5.39 Å². The van der Waals surface area contributed by atoms with E-state index in [2.05, 4.69) is 0 Å². The first-order valence-electron chi connectivity index (χ1n) is 8.91. The zero-order valence-corrected chi connectivity index (χ0v) is 16.8. The van der Waals surface area contributed by atoms with Crippen molar-refractivity contribution in [2.45, 2.75) is 32.1 Å². The Hall–Kier alpha value is -2.39. The summed E-state index contributed by atoms with van der Waals surface area (Å²) in [6.45, 7) is 1.61. The van der Waals surface area contributed by atoms with Gasteiger partial charge in [0.15, 0.2) is 15.9 Å². The second kappa shape index (κ2) is 7.92. The van der Waals surface area contributed by atoms with E-state index in [9.17, 15) is 18.0 Å². The molecule has 0 N–H and O–H groups in total. The molecule has 3 rings (SSSR count). The molecule has 1 saturated heterocycles. The second-order valence-electron chi connectivity index (χ2n) is 6.89. The fourth-order valence-corrected chi connectivity index (χ4v) is 5.14. The largest absolute Gasteiger partial charge is 0.449 e. The Bertz CT molecular complexity index is 995. The van der Waals surface area contributed by atoms with Crippen molar-refractivity contribution in [1.82, 2.24) is 4.90 Å². The number of sulfone groups is 1. The Morgan fingerprint density at radius 2 is 2.04 bits per heavy atom. The lowest BCUT2D eigenvalue weighted by Gasteiger charge is -2.26. The van der Waals surface area contributed by atoms with E-state index in [4.69, 9.17) is 13.9 Å². The average Bonchev–Trinajstić information content (AvgIpc) is 3.21. The molecule has 9 heteroatoms. The molecule has 0 bridgehead atoms. The highest BCUT2D eigenvalue weighted by Crippen LogP contribution is 2.27. The lowest BCUT2D eigenvalue weighted by Crippen LogP contribution is -2.44. The monoisotopic (exact) mass is 409 g/mol. The summed E-state index contributed by atoms with van der Waals surface area (Å²) in [5.41, 5.74) is 1.08. The summed E-state index contributed by atoms with van der Waals surface area (Å²) in [6.07, 6.45) is -0.698. The Morgan fingerprint density at radius 3 is 2.68 bits per heavy atom. The van der Waals surface area contributed by atoms with Crippen molar-refractivity contribution in [1.29, 1.82) is 0 Å². The zero-order chi connectivity index (χ0) is 20.5. The second-order valence-corrected chi connectivity index (χ2v) is 9.12. The highest BCUT2D eigenvalue weighted by Gasteiger charge is 2.35. The van der Waals surface area contributed by atoms with Crippen LogP contribution < -0.4 is 0 Å². The lowest BCUT2D eigenvalue weighted by molar-refractivity contribution is -0.140. The third-order valence-corrected chi connectivity index (χ3v) is 6.66. The standard InChI is InChI=1S/C19H23NO7S/c1-12(18(21)20(2)13-8-9-28(23,24)11-13)26-19(22)17-15(10-25-3)14-6-4-5-7-16(14)27-17/h4-7,12-13H,8-11H2,1-3H3/t12-,13-/m1/s1. The van der Waals surface area contributed by atoms with Crippen LogP contribution in [0.3, 0.4) is 0 Å². The number of likely N-dealkylation sites (N-methyl/N-ethyl adjacent to an activating group) is 1. The molecule has 1 aromatic carbocycles. The highest BCUT2D eigenvalue weighted by molar-refractivity contribution is 7.91. The highest BCUT2D eigenvalue weighted by atomic mass is 32.2. The fourth-order valence-electron chi connectivity index (χ4n) is 3.36. The number of amides is 1. The van der Waals surface area contributed by atoms with Gasteiger partial charge in [0.2, 0.25) is 5.76 Å². The fraction of sp³-hybridized carbons (Fsp3) is 0.474. The van der Waals surface area contributed by atoms with Gasteiger partial charge in [0.05, 0.1) is 18.1 Å². The van der Waals surface area contributed by atoms with Crippen molar-refractivity contribution >= 4 is 32.7 Å². The summed E-state index contributed by atoms with van der Waals surface area (Å²) in [7, 11) is -0.0919. The number of carbonyl (C=O) groups excluding carboxylic acids is 2. The van der Waals surface area contributed by atoms with Gasteiger partial charge in [0.25, 0.3) is 5.91 Å². The van der Waals surface area contributed by atoms with Crippen molar-refractivity contribution in [3.8, 4) is 0 Å². The van der Waals surface area contributed by atoms with E-state index in [1.54, 1.807) is 12.1 Å². The summed E-state index contributed by atoms with van der Waals surface area (Å²) in [6, 6.07) is 6.74. The molecule has 0 spiro atoms. The van der Waals surface area contributed by atoms with Crippen LogP contribution in [0, 0.1) is 0 Å². The molecule has 152 valence electrons. The molecule has 0 unspecified atom stereocenters. The smallest absolute Gasteiger partial charge is 0.375 e. The predicted octanol–water partition coefficient (Wildman–Crippen LogP) is 1.77. The Morgan fingerprint density at radius 1 is 1.32 bits per heavy atom. The third-order valence-electron chi connectivity index (χ3n) is 4.91. The molecule has 8 nitrogen and oxygen atoms in total. The minimum atomic E-state index is -3.12. The molecular weight excluding hydrogens is 386 g/mol. The number of benzene rings is 1. The number of hydrogen-bond acceptors (Lipinski definition) is 7. The Labute approximate surface area is 163 Å². The molecule has 0 saturated carbocycles. The van der Waals surface area contributed by atoms with Gasteiger partial charge in [0.1, 0.15) is 5.58 Å². The average molecular weight is 409 g/mol. The number of nitrogens with zero attached hydrogens (tertiary/aromatic N) is 1. The molecule has 1 aliphatic rings. The van der Waals surface area contributed by atoms with Gasteiger partial charge in [-0.3, -0.25) is 4.79 Å². The quantitative estimate of drug-likeness (QED) is 0.670. The van der Waals surface area contributed by atoms with Crippen LogP contribution >= 0.6 is 0 Å². The van der Waals surface area contributed by atoms with E-state index in [0.29, 0.717) is 17.6 Å². The van der Waals surface area contributed by atoms with Crippen LogP contribution in [0.5, 0.6) is 0 Å². The van der Waals surface area contributed by atoms with Crippen LogP contribution in [-0.4, -0.2) is 63.0 Å². The van der Waals surface area contributed by atoms with Crippen LogP contribution in [0.4, 0.5) is 0 Å². The van der Waals surface area contributed by atoms with Gasteiger partial charge in [0, 0.05) is 31.1 Å². The number of methoxy groups -OCH3 is 1. The SMILES string of the molecule is COCc1c(C(=O)O[C@H](C)C(=O)N(C)[C@@H]2CCS(=O)(=O)C2)oc2ccccc12. The Kier molecular flexibility index (Phi) is 5.76. The third kappa shape index (κ3) is 4.05. The Balaban J connectivity index is 1.74. The first-order valence-corrected chi connectivity index (χ1v) is 10.7. The summed E-state index contributed by atoms with van der Waals surface area (Å²) in [5.74, 6) is -1.24. The summed E-state index contributed by atoms with van der Waals surface area (Å²) in [5, 5.41) is 0.739. The topological polar surface area (TPSA) is 103 Å². The van der Waals surface area contributed by atoms with Crippen molar-refractivity contribution in [3.05, 3.63) is 35.6 Å². The van der Waals surface area contributed by atoms with Gasteiger partial charge >= 0.3 is 5.97 Å². The van der Waals surface area contributed by atoms with Crippen molar-refractivity contribution < 1.29 is 31.9 Å². The maximum absolute atomic E-state index is 12.6. The first-order chi connectivity index (χ1) is 13.2. The van der Waals surface area contributed by atoms with Crippen LogP contribution in [0.2, 0.25) is 0 Å². The number of carbonyl (C=O) groups is 2. The zero-order valence-electron chi connectivity index (χ0n) is 16.0. The molecule has 1 fully saturated rings. The van der Waals surface area contributed by atoms with Gasteiger partial charge in [-0.05, 0) is 19.4 Å². The van der Waals surface area contributed by atoms with Crippen LogP contribution in [0.15, 0.2) is 28.7 Å². The lowest BCUT2D eigenvalue weighted by atomic mass is 10.1. The van der Waals surface area contributed by atoms with E-state index in [-0.39, 0.29) is 23.9 Å². The minimum Gasteiger partial charge on any atom is -0.449 e. The number of para-hydroxylation sites is 1. The van der Waals surface area contributed by atoms with Crippen molar-refractivity contribution in [2.24, 2.45) is 0 Å². The van der Waals surface area contributed by atoms with E-state index in [1.807, 2.05) is 12.1 Å². The van der Waals surface area contributed by atoms with Gasteiger partial charge < -0.3 is 18.8 Å². The van der Waals surface area contributed by atoms with Crippen LogP contribution in [-0.2, 0) is 30.7 Å². The number of esters is 1. The molecule has 1 amide bonds. The molecule has 2 heterocycles. The maximum Gasteiger partial charge on any atom is 0.375 e. The molecular formula is C19H23NO7S. The summed E-state index contributed by atoms with van der Waals surface area (Å²) >= 11 is 0. The number of rotatable bonds is 6. The molecule has 2 atom stereocenters. The van der Waals surface area contributed by atoms with E-state index in [1.165, 1.54) is 26.0 Å². The number of furan rings is 1. The normalized spacial score (nSPS) is 19.5. The summed E-state index contributed by atoms with van der Waals surface area (Å²) in [4.78, 5) is 26.6. The number of hydrogen-bond donors (Lipinski definition) is 0. The molecule has 2 aromatic rings. The summed E-state index contributed by atoms with van der Waals surface area (Å²) < 4.78 is 39.4. The minimum absolute atomic E-state index is 0.00574. The first kappa shape index (κ1) is 20.3. The number of fused-ring (bicyclic) bond motifs is 1. The van der Waals surface area contributed by atoms with Gasteiger partial charge in [-0.1, -0.05) is 18.2 Å². The molecule has 1 aliphatic heterocycles. The van der Waals surface area contributed by atoms with E-state index >= 15 is 0 Å². The maximum atomic E-state index is 12.6. The molecule has 28 heavy (non-hydrogen) atoms. The molecule has 1 aromatic heterocycles.